The lowest BCUT2D eigenvalue weighted by atomic mass is 9.72. The van der Waals surface area contributed by atoms with Crippen LogP contribution in [0.2, 0.25) is 10.0 Å². The lowest BCUT2D eigenvalue weighted by Crippen LogP contribution is -2.26. The van der Waals surface area contributed by atoms with Gasteiger partial charge in [0.2, 0.25) is 0 Å². The Morgan fingerprint density at radius 3 is 2.30 bits per heavy atom. The maximum absolute atomic E-state index is 5.98. The Balaban J connectivity index is 1.92. The van der Waals surface area contributed by atoms with Crippen LogP contribution < -0.4 is 5.43 Å². The van der Waals surface area contributed by atoms with Crippen molar-refractivity contribution < 1.29 is 0 Å². The highest BCUT2D eigenvalue weighted by Crippen LogP contribution is 2.36. The van der Waals surface area contributed by atoms with Gasteiger partial charge in [0.1, 0.15) is 0 Å². The molecular formula is C16H22Cl2N2. The quantitative estimate of drug-likeness (QED) is 0.666. The Morgan fingerprint density at radius 1 is 1.10 bits per heavy atom. The van der Waals surface area contributed by atoms with Crippen LogP contribution in [0.5, 0.6) is 0 Å². The van der Waals surface area contributed by atoms with E-state index in [1.54, 1.807) is 12.1 Å². The summed E-state index contributed by atoms with van der Waals surface area (Å²) in [5.41, 5.74) is 5.61. The van der Waals surface area contributed by atoms with E-state index in [0.717, 1.165) is 24.4 Å². The van der Waals surface area contributed by atoms with E-state index in [4.69, 9.17) is 23.2 Å². The van der Waals surface area contributed by atoms with E-state index in [1.807, 2.05) is 6.07 Å². The van der Waals surface area contributed by atoms with E-state index in [-0.39, 0.29) is 0 Å². The maximum atomic E-state index is 5.98. The normalized spacial score (nSPS) is 19.9. The van der Waals surface area contributed by atoms with Crippen molar-refractivity contribution in [2.75, 3.05) is 5.43 Å². The maximum Gasteiger partial charge on any atom is 0.0613 e. The zero-order valence-electron chi connectivity index (χ0n) is 12.3. The minimum absolute atomic E-state index is 0.405. The molecule has 1 fully saturated rings. The van der Waals surface area contributed by atoms with Crippen LogP contribution in [0.15, 0.2) is 23.3 Å². The molecule has 110 valence electrons. The third-order valence-electron chi connectivity index (χ3n) is 4.05. The first-order valence-corrected chi connectivity index (χ1v) is 7.88. The smallest absolute Gasteiger partial charge is 0.0613 e. The molecule has 0 aliphatic heterocycles. The van der Waals surface area contributed by atoms with Gasteiger partial charge in [-0.15, -0.1) is 0 Å². The Labute approximate surface area is 131 Å². The lowest BCUT2D eigenvalue weighted by Gasteiger charge is -2.34. The van der Waals surface area contributed by atoms with Gasteiger partial charge in [0, 0.05) is 5.71 Å². The molecule has 0 atom stereocenters. The first kappa shape index (κ1) is 15.7. The van der Waals surface area contributed by atoms with Crippen molar-refractivity contribution in [2.24, 2.45) is 16.4 Å². The van der Waals surface area contributed by atoms with Gasteiger partial charge < -0.3 is 0 Å². The number of benzene rings is 1. The molecule has 1 saturated carbocycles. The second-order valence-electron chi connectivity index (χ2n) is 6.56. The average Bonchev–Trinajstić information content (AvgIpc) is 2.40. The average molecular weight is 313 g/mol. The van der Waals surface area contributed by atoms with Gasteiger partial charge in [-0.3, -0.25) is 5.43 Å². The number of hydrazone groups is 1. The van der Waals surface area contributed by atoms with Gasteiger partial charge in [-0.1, -0.05) is 44.0 Å². The topological polar surface area (TPSA) is 24.4 Å². The highest BCUT2D eigenvalue weighted by Gasteiger charge is 2.27. The lowest BCUT2D eigenvalue weighted by molar-refractivity contribution is 0.208. The molecule has 2 rings (SSSR count). The summed E-state index contributed by atoms with van der Waals surface area (Å²) in [6.45, 7) is 6.98. The Hall–Kier alpha value is -0.730. The number of nitrogens with zero attached hydrogens (tertiary/aromatic N) is 1. The Bertz CT molecular complexity index is 494. The monoisotopic (exact) mass is 312 g/mol. The van der Waals surface area contributed by atoms with Crippen molar-refractivity contribution in [3.05, 3.63) is 28.2 Å². The highest BCUT2D eigenvalue weighted by atomic mass is 35.5. The molecule has 2 nitrogen and oxygen atoms in total. The summed E-state index contributed by atoms with van der Waals surface area (Å²) < 4.78 is 0. The SMILES string of the molecule is CC(C)(C)C1CCC(=NNc2ccc(Cl)c(Cl)c2)CC1. The Kier molecular flexibility index (Phi) is 4.98. The minimum Gasteiger partial charge on any atom is -0.279 e. The summed E-state index contributed by atoms with van der Waals surface area (Å²) in [5.74, 6) is 0.798. The van der Waals surface area contributed by atoms with E-state index in [1.165, 1.54) is 18.6 Å². The fourth-order valence-corrected chi connectivity index (χ4v) is 2.94. The molecule has 0 bridgehead atoms. The number of halogens is 2. The molecule has 0 unspecified atom stereocenters. The van der Waals surface area contributed by atoms with E-state index >= 15 is 0 Å². The largest absolute Gasteiger partial charge is 0.279 e. The summed E-state index contributed by atoms with van der Waals surface area (Å²) in [5, 5.41) is 5.62. The van der Waals surface area contributed by atoms with Gasteiger partial charge in [0.15, 0.2) is 0 Å². The number of hydrogen-bond acceptors (Lipinski definition) is 2. The molecular weight excluding hydrogens is 291 g/mol. The third kappa shape index (κ3) is 4.13. The zero-order chi connectivity index (χ0) is 14.8. The highest BCUT2D eigenvalue weighted by molar-refractivity contribution is 6.42. The molecule has 0 saturated heterocycles. The van der Waals surface area contributed by atoms with Crippen molar-refractivity contribution in [3.63, 3.8) is 0 Å². The van der Waals surface area contributed by atoms with E-state index in [9.17, 15) is 0 Å². The second kappa shape index (κ2) is 6.36. The first-order chi connectivity index (χ1) is 9.36. The molecule has 0 radical (unpaired) electrons. The van der Waals surface area contributed by atoms with Crippen molar-refractivity contribution >= 4 is 34.6 Å². The van der Waals surface area contributed by atoms with E-state index in [0.29, 0.717) is 15.5 Å². The molecule has 0 heterocycles. The van der Waals surface area contributed by atoms with Gasteiger partial charge in [-0.05, 0) is 55.2 Å². The molecule has 1 aromatic carbocycles. The van der Waals surface area contributed by atoms with Crippen LogP contribution in [0.3, 0.4) is 0 Å². The summed E-state index contributed by atoms with van der Waals surface area (Å²) >= 11 is 11.9. The van der Waals surface area contributed by atoms with Gasteiger partial charge in [0.25, 0.3) is 0 Å². The number of rotatable bonds is 2. The first-order valence-electron chi connectivity index (χ1n) is 7.13. The van der Waals surface area contributed by atoms with Crippen LogP contribution >= 0.6 is 23.2 Å². The van der Waals surface area contributed by atoms with Crippen LogP contribution in [-0.2, 0) is 0 Å². The van der Waals surface area contributed by atoms with Crippen LogP contribution in [0.1, 0.15) is 46.5 Å². The standard InChI is InChI=1S/C16H22Cl2N2/c1-16(2,3)11-4-6-12(7-5-11)19-20-13-8-9-14(17)15(18)10-13/h8-11,20H,4-7H2,1-3H3. The zero-order valence-corrected chi connectivity index (χ0v) is 13.9. The van der Waals surface area contributed by atoms with Gasteiger partial charge in [0.05, 0.1) is 15.7 Å². The van der Waals surface area contributed by atoms with Crippen molar-refractivity contribution in [3.8, 4) is 0 Å². The molecule has 0 spiro atoms. The van der Waals surface area contributed by atoms with Crippen molar-refractivity contribution in [2.45, 2.75) is 46.5 Å². The van der Waals surface area contributed by atoms with Crippen LogP contribution in [-0.4, -0.2) is 5.71 Å². The number of hydrogen-bond donors (Lipinski definition) is 1. The van der Waals surface area contributed by atoms with Gasteiger partial charge in [-0.2, -0.15) is 5.10 Å². The molecule has 0 amide bonds. The molecule has 1 aliphatic carbocycles. The van der Waals surface area contributed by atoms with Crippen LogP contribution in [0.4, 0.5) is 5.69 Å². The summed E-state index contributed by atoms with van der Waals surface area (Å²) in [7, 11) is 0. The van der Waals surface area contributed by atoms with E-state index in [2.05, 4.69) is 31.3 Å². The molecule has 4 heteroatoms. The summed E-state index contributed by atoms with van der Waals surface area (Å²) in [4.78, 5) is 0. The number of anilines is 1. The fraction of sp³-hybridized carbons (Fsp3) is 0.562. The fourth-order valence-electron chi connectivity index (χ4n) is 2.64. The van der Waals surface area contributed by atoms with Crippen LogP contribution in [0.25, 0.3) is 0 Å². The predicted octanol–water partition coefficient (Wildman–Crippen LogP) is 6.00. The second-order valence-corrected chi connectivity index (χ2v) is 7.37. The molecule has 1 N–H and O–H groups in total. The van der Waals surface area contributed by atoms with Crippen molar-refractivity contribution in [1.82, 2.24) is 0 Å². The van der Waals surface area contributed by atoms with Gasteiger partial charge >= 0.3 is 0 Å². The Morgan fingerprint density at radius 2 is 1.75 bits per heavy atom. The summed E-state index contributed by atoms with van der Waals surface area (Å²) in [6, 6.07) is 5.47. The van der Waals surface area contributed by atoms with Crippen molar-refractivity contribution in [1.29, 1.82) is 0 Å². The summed E-state index contributed by atoms with van der Waals surface area (Å²) in [6.07, 6.45) is 4.61. The molecule has 0 aromatic heterocycles. The minimum atomic E-state index is 0.405. The molecule has 20 heavy (non-hydrogen) atoms. The van der Waals surface area contributed by atoms with Crippen LogP contribution in [0, 0.1) is 11.3 Å². The third-order valence-corrected chi connectivity index (χ3v) is 4.79. The van der Waals surface area contributed by atoms with E-state index < -0.39 is 0 Å². The predicted molar refractivity (Wildman–Crippen MR) is 88.9 cm³/mol. The van der Waals surface area contributed by atoms with Gasteiger partial charge in [-0.25, -0.2) is 0 Å². The molecule has 1 aromatic rings. The molecule has 1 aliphatic rings. The number of nitrogens with one attached hydrogen (secondary N) is 1.